The average Bonchev–Trinajstić information content (AvgIpc) is 2.19. The Bertz CT molecular complexity index is 261. The van der Waals surface area contributed by atoms with Crippen LogP contribution in [0.25, 0.3) is 0 Å². The molecule has 8 heteroatoms. The van der Waals surface area contributed by atoms with Crippen LogP contribution < -0.4 is 0 Å². The Morgan fingerprint density at radius 2 is 1.32 bits per heavy atom. The average molecular weight is 294 g/mol. The van der Waals surface area contributed by atoms with Crippen molar-refractivity contribution in [2.45, 2.75) is 69.2 Å². The van der Waals surface area contributed by atoms with Crippen LogP contribution in [0.4, 0.5) is 26.3 Å². The Morgan fingerprint density at radius 3 is 1.79 bits per heavy atom. The summed E-state index contributed by atoms with van der Waals surface area (Å²) >= 11 is 0. The summed E-state index contributed by atoms with van der Waals surface area (Å²) in [5.74, 6) is 0. The van der Waals surface area contributed by atoms with Crippen molar-refractivity contribution in [2.24, 2.45) is 0 Å². The third-order valence-electron chi connectivity index (χ3n) is 3.07. The number of aliphatic hydroxyl groups is 1. The molecular weight excluding hydrogens is 278 g/mol. The summed E-state index contributed by atoms with van der Waals surface area (Å²) in [6.07, 6.45) is -14.9. The van der Waals surface area contributed by atoms with Crippen LogP contribution in [0.3, 0.4) is 0 Å². The molecule has 1 saturated carbocycles. The van der Waals surface area contributed by atoms with E-state index >= 15 is 0 Å². The molecule has 0 aliphatic heterocycles. The minimum atomic E-state index is -5.53. The van der Waals surface area contributed by atoms with Crippen LogP contribution in [-0.2, 0) is 4.74 Å². The Balaban J connectivity index is 2.76. The normalized spacial score (nSPS) is 27.2. The maximum atomic E-state index is 12.4. The van der Waals surface area contributed by atoms with Crippen LogP contribution in [0, 0.1) is 0 Å². The van der Waals surface area contributed by atoms with Gasteiger partial charge in [-0.2, -0.15) is 26.3 Å². The zero-order valence-corrected chi connectivity index (χ0v) is 10.1. The molecule has 1 rings (SSSR count). The number of alkyl halides is 6. The van der Waals surface area contributed by atoms with Gasteiger partial charge in [-0.05, 0) is 12.8 Å². The molecule has 1 aliphatic rings. The first-order valence-electron chi connectivity index (χ1n) is 6.09. The molecule has 0 saturated heterocycles. The molecule has 0 aromatic heterocycles. The highest BCUT2D eigenvalue weighted by Crippen LogP contribution is 2.37. The quantitative estimate of drug-likeness (QED) is 0.789. The van der Waals surface area contributed by atoms with E-state index in [9.17, 15) is 31.4 Å². The van der Waals surface area contributed by atoms with Gasteiger partial charge in [0.1, 0.15) is 0 Å². The second-order valence-electron chi connectivity index (χ2n) is 4.70. The highest BCUT2D eigenvalue weighted by Gasteiger charge is 2.59. The summed E-state index contributed by atoms with van der Waals surface area (Å²) < 4.78 is 78.3. The van der Waals surface area contributed by atoms with E-state index in [2.05, 4.69) is 4.74 Å². The van der Waals surface area contributed by atoms with Gasteiger partial charge < -0.3 is 9.84 Å². The first-order valence-corrected chi connectivity index (χ1v) is 6.09. The number of hydrogen-bond acceptors (Lipinski definition) is 2. The molecule has 0 heterocycles. The van der Waals surface area contributed by atoms with E-state index < -0.39 is 30.7 Å². The van der Waals surface area contributed by atoms with Crippen LogP contribution in [0.5, 0.6) is 0 Å². The van der Waals surface area contributed by atoms with E-state index in [1.54, 1.807) is 0 Å². The number of ether oxygens (including phenoxy) is 1. The monoisotopic (exact) mass is 294 g/mol. The van der Waals surface area contributed by atoms with Crippen LogP contribution in [0.2, 0.25) is 0 Å². The summed E-state index contributed by atoms with van der Waals surface area (Å²) in [6, 6.07) is 0. The van der Waals surface area contributed by atoms with Gasteiger partial charge in [0.2, 0.25) is 6.10 Å². The molecular formula is C11H16F6O2. The Kier molecular flexibility index (Phi) is 5.49. The lowest BCUT2D eigenvalue weighted by Crippen LogP contribution is -2.48. The van der Waals surface area contributed by atoms with Gasteiger partial charge in [-0.3, -0.25) is 0 Å². The molecule has 1 aliphatic carbocycles. The van der Waals surface area contributed by atoms with Gasteiger partial charge in [0, 0.05) is 0 Å². The Morgan fingerprint density at radius 1 is 0.842 bits per heavy atom. The fourth-order valence-corrected chi connectivity index (χ4v) is 2.10. The lowest BCUT2D eigenvalue weighted by atomic mass is 9.96. The minimum absolute atomic E-state index is 0.00380. The molecule has 1 N–H and O–H groups in total. The Hall–Kier alpha value is -0.500. The van der Waals surface area contributed by atoms with Gasteiger partial charge in [-0.1, -0.05) is 25.7 Å². The molecule has 114 valence electrons. The van der Waals surface area contributed by atoms with Crippen molar-refractivity contribution in [3.8, 4) is 0 Å². The van der Waals surface area contributed by atoms with Crippen molar-refractivity contribution >= 4 is 0 Å². The van der Waals surface area contributed by atoms with Gasteiger partial charge in [-0.25, -0.2) is 0 Å². The maximum absolute atomic E-state index is 12.4. The van der Waals surface area contributed by atoms with Gasteiger partial charge in [0.15, 0.2) is 0 Å². The van der Waals surface area contributed by atoms with E-state index in [4.69, 9.17) is 0 Å². The predicted molar refractivity (Wildman–Crippen MR) is 54.5 cm³/mol. The van der Waals surface area contributed by atoms with Crippen molar-refractivity contribution in [3.63, 3.8) is 0 Å². The Labute approximate surface area is 106 Å². The summed E-state index contributed by atoms with van der Waals surface area (Å²) in [5.41, 5.74) is 0. The van der Waals surface area contributed by atoms with E-state index in [-0.39, 0.29) is 12.8 Å². The molecule has 0 aromatic carbocycles. The van der Waals surface area contributed by atoms with Crippen LogP contribution in [-0.4, -0.2) is 35.8 Å². The molecule has 2 atom stereocenters. The molecule has 1 fully saturated rings. The van der Waals surface area contributed by atoms with E-state index in [1.807, 2.05) is 0 Å². The second kappa shape index (κ2) is 6.30. The maximum Gasteiger partial charge on any atom is 0.423 e. The van der Waals surface area contributed by atoms with Crippen molar-refractivity contribution in [3.05, 3.63) is 0 Å². The van der Waals surface area contributed by atoms with E-state index in [1.165, 1.54) is 0 Å². The smallest absolute Gasteiger partial charge is 0.390 e. The number of aliphatic hydroxyl groups excluding tert-OH is 1. The zero-order chi connectivity index (χ0) is 14.7. The summed E-state index contributed by atoms with van der Waals surface area (Å²) in [5, 5.41) is 9.59. The third kappa shape index (κ3) is 5.18. The second-order valence-corrected chi connectivity index (χ2v) is 4.70. The third-order valence-corrected chi connectivity index (χ3v) is 3.07. The lowest BCUT2D eigenvalue weighted by Gasteiger charge is -2.31. The zero-order valence-electron chi connectivity index (χ0n) is 10.1. The molecule has 2 unspecified atom stereocenters. The number of halogens is 6. The van der Waals surface area contributed by atoms with E-state index in [0.29, 0.717) is 12.8 Å². The van der Waals surface area contributed by atoms with Crippen LogP contribution in [0.15, 0.2) is 0 Å². The molecule has 2 nitrogen and oxygen atoms in total. The standard InChI is InChI=1S/C11H16F6O2/c12-10(13,14)9(11(15,16)17)19-8-6-4-2-1-3-5-7(8)18/h7-9,18H,1-6H2. The highest BCUT2D eigenvalue weighted by molar-refractivity contribution is 4.81. The van der Waals surface area contributed by atoms with Gasteiger partial charge in [0.05, 0.1) is 12.2 Å². The number of hydrogen-bond donors (Lipinski definition) is 1. The number of rotatable bonds is 2. The van der Waals surface area contributed by atoms with Crippen LogP contribution in [0.1, 0.15) is 38.5 Å². The molecule has 0 aromatic rings. The van der Waals surface area contributed by atoms with Crippen molar-refractivity contribution in [1.82, 2.24) is 0 Å². The molecule has 0 bridgehead atoms. The minimum Gasteiger partial charge on any atom is -0.390 e. The lowest BCUT2D eigenvalue weighted by molar-refractivity contribution is -0.336. The fourth-order valence-electron chi connectivity index (χ4n) is 2.10. The fraction of sp³-hybridized carbons (Fsp3) is 1.00. The van der Waals surface area contributed by atoms with Crippen molar-refractivity contribution < 1.29 is 36.2 Å². The predicted octanol–water partition coefficient (Wildman–Crippen LogP) is 3.58. The van der Waals surface area contributed by atoms with Crippen molar-refractivity contribution in [2.75, 3.05) is 0 Å². The highest BCUT2D eigenvalue weighted by atomic mass is 19.4. The van der Waals surface area contributed by atoms with Gasteiger partial charge in [0.25, 0.3) is 0 Å². The molecule has 19 heavy (non-hydrogen) atoms. The topological polar surface area (TPSA) is 29.5 Å². The van der Waals surface area contributed by atoms with Gasteiger partial charge >= 0.3 is 12.4 Å². The first kappa shape index (κ1) is 16.6. The molecule has 0 amide bonds. The largest absolute Gasteiger partial charge is 0.423 e. The summed E-state index contributed by atoms with van der Waals surface area (Å²) in [7, 11) is 0. The summed E-state index contributed by atoms with van der Waals surface area (Å²) in [6.45, 7) is 0. The van der Waals surface area contributed by atoms with Crippen molar-refractivity contribution in [1.29, 1.82) is 0 Å². The van der Waals surface area contributed by atoms with E-state index in [0.717, 1.165) is 12.8 Å². The summed E-state index contributed by atoms with van der Waals surface area (Å²) in [4.78, 5) is 0. The molecule has 0 spiro atoms. The first-order chi connectivity index (χ1) is 8.62. The SMILES string of the molecule is OC1CCCCCCC1OC(C(F)(F)F)C(F)(F)F. The van der Waals surface area contributed by atoms with Crippen LogP contribution >= 0.6 is 0 Å². The van der Waals surface area contributed by atoms with Gasteiger partial charge in [-0.15, -0.1) is 0 Å². The molecule has 0 radical (unpaired) electrons.